The fraction of sp³-hybridized carbons (Fsp3) is 0.200. The minimum Gasteiger partial charge on any atom is -0.497 e. The molecule has 0 bridgehead atoms. The topological polar surface area (TPSA) is 111 Å². The highest BCUT2D eigenvalue weighted by Crippen LogP contribution is 2.14. The molecule has 0 aromatic heterocycles. The lowest BCUT2D eigenvalue weighted by Crippen LogP contribution is -2.41. The minimum absolute atomic E-state index is 0.200. The molecule has 0 saturated heterocycles. The monoisotopic (exact) mass is 418 g/mol. The SMILES string of the molecule is COc1ccc(C(=O)COC(=O)CCC(=O)NNC(=O)c2ccccc2Cl)cc1. The Kier molecular flexibility index (Phi) is 8.17. The third-order valence-electron chi connectivity index (χ3n) is 3.77. The first-order valence-corrected chi connectivity index (χ1v) is 8.95. The number of methoxy groups -OCH3 is 1. The number of carbonyl (C=O) groups excluding carboxylic acids is 4. The lowest BCUT2D eigenvalue weighted by Gasteiger charge is -2.08. The van der Waals surface area contributed by atoms with Gasteiger partial charge in [-0.15, -0.1) is 0 Å². The average molecular weight is 419 g/mol. The van der Waals surface area contributed by atoms with Crippen molar-refractivity contribution in [2.75, 3.05) is 13.7 Å². The van der Waals surface area contributed by atoms with Crippen LogP contribution < -0.4 is 15.6 Å². The molecule has 29 heavy (non-hydrogen) atoms. The van der Waals surface area contributed by atoms with Crippen LogP contribution in [0.1, 0.15) is 33.6 Å². The van der Waals surface area contributed by atoms with E-state index < -0.39 is 24.4 Å². The van der Waals surface area contributed by atoms with Crippen molar-refractivity contribution in [2.45, 2.75) is 12.8 Å². The van der Waals surface area contributed by atoms with Gasteiger partial charge in [-0.3, -0.25) is 30.0 Å². The van der Waals surface area contributed by atoms with E-state index in [1.165, 1.54) is 13.2 Å². The lowest BCUT2D eigenvalue weighted by molar-refractivity contribution is -0.143. The number of amides is 2. The van der Waals surface area contributed by atoms with E-state index in [4.69, 9.17) is 21.1 Å². The first-order chi connectivity index (χ1) is 13.9. The maximum atomic E-state index is 12.0. The van der Waals surface area contributed by atoms with Crippen LogP contribution >= 0.6 is 11.6 Å². The van der Waals surface area contributed by atoms with Crippen LogP contribution in [-0.2, 0) is 14.3 Å². The molecule has 0 heterocycles. The number of carbonyl (C=O) groups is 4. The highest BCUT2D eigenvalue weighted by molar-refractivity contribution is 6.33. The van der Waals surface area contributed by atoms with E-state index in [0.717, 1.165) is 0 Å². The van der Waals surface area contributed by atoms with Crippen LogP contribution in [0.3, 0.4) is 0 Å². The standard InChI is InChI=1S/C20H19ClN2O6/c1-28-14-8-6-13(7-9-14)17(24)12-29-19(26)11-10-18(25)22-23-20(27)15-4-2-3-5-16(15)21/h2-9H,10-12H2,1H3,(H,22,25)(H,23,27). The summed E-state index contributed by atoms with van der Waals surface area (Å²) in [6.07, 6.45) is -0.470. The first-order valence-electron chi connectivity index (χ1n) is 8.57. The molecule has 2 aromatic rings. The zero-order valence-corrected chi connectivity index (χ0v) is 16.3. The summed E-state index contributed by atoms with van der Waals surface area (Å²) >= 11 is 5.89. The van der Waals surface area contributed by atoms with Crippen molar-refractivity contribution in [3.8, 4) is 5.75 Å². The number of ether oxygens (including phenoxy) is 2. The molecular formula is C20H19ClN2O6. The summed E-state index contributed by atoms with van der Waals surface area (Å²) in [5.41, 5.74) is 4.96. The molecule has 2 aromatic carbocycles. The molecule has 0 spiro atoms. The third kappa shape index (κ3) is 6.93. The van der Waals surface area contributed by atoms with Gasteiger partial charge in [-0.2, -0.15) is 0 Å². The van der Waals surface area contributed by atoms with Gasteiger partial charge < -0.3 is 9.47 Å². The highest BCUT2D eigenvalue weighted by atomic mass is 35.5. The van der Waals surface area contributed by atoms with Crippen molar-refractivity contribution in [3.05, 3.63) is 64.7 Å². The van der Waals surface area contributed by atoms with Crippen LogP contribution in [-0.4, -0.2) is 37.3 Å². The Morgan fingerprint density at radius 2 is 1.62 bits per heavy atom. The zero-order valence-electron chi connectivity index (χ0n) is 15.6. The van der Waals surface area contributed by atoms with E-state index in [1.807, 2.05) is 0 Å². The lowest BCUT2D eigenvalue weighted by atomic mass is 10.1. The van der Waals surface area contributed by atoms with E-state index >= 15 is 0 Å². The van der Waals surface area contributed by atoms with Gasteiger partial charge in [0.05, 0.1) is 24.1 Å². The van der Waals surface area contributed by atoms with Crippen LogP contribution in [0.5, 0.6) is 5.75 Å². The summed E-state index contributed by atoms with van der Waals surface area (Å²) in [4.78, 5) is 47.3. The molecule has 0 aliphatic rings. The molecule has 0 aliphatic heterocycles. The zero-order chi connectivity index (χ0) is 21.2. The van der Waals surface area contributed by atoms with Crippen LogP contribution in [0.15, 0.2) is 48.5 Å². The predicted molar refractivity (Wildman–Crippen MR) is 105 cm³/mol. The van der Waals surface area contributed by atoms with Crippen molar-refractivity contribution < 1.29 is 28.7 Å². The molecule has 8 nitrogen and oxygen atoms in total. The Hall–Kier alpha value is -3.39. The Bertz CT molecular complexity index is 898. The molecule has 9 heteroatoms. The van der Waals surface area contributed by atoms with Gasteiger partial charge in [-0.25, -0.2) is 0 Å². The fourth-order valence-corrected chi connectivity index (χ4v) is 2.42. The average Bonchev–Trinajstić information content (AvgIpc) is 2.74. The predicted octanol–water partition coefficient (Wildman–Crippen LogP) is 2.32. The van der Waals surface area contributed by atoms with Crippen molar-refractivity contribution in [1.82, 2.24) is 10.9 Å². The molecule has 2 N–H and O–H groups in total. The van der Waals surface area contributed by atoms with Crippen LogP contribution in [0.4, 0.5) is 0 Å². The third-order valence-corrected chi connectivity index (χ3v) is 4.10. The Balaban J connectivity index is 1.68. The van der Waals surface area contributed by atoms with Crippen LogP contribution in [0.2, 0.25) is 5.02 Å². The first kappa shape index (κ1) is 21.9. The number of rotatable bonds is 8. The Labute approximate surface area is 172 Å². The molecule has 0 unspecified atom stereocenters. The van der Waals surface area contributed by atoms with E-state index in [-0.39, 0.29) is 29.2 Å². The number of Topliss-reactive ketones (excluding diaryl/α,β-unsaturated/α-hetero) is 1. The number of esters is 1. The summed E-state index contributed by atoms with van der Waals surface area (Å²) in [5, 5.41) is 0.240. The van der Waals surface area contributed by atoms with E-state index in [1.54, 1.807) is 42.5 Å². The largest absolute Gasteiger partial charge is 0.497 e. The number of hydrogen-bond donors (Lipinski definition) is 2. The van der Waals surface area contributed by atoms with Gasteiger partial charge in [-0.05, 0) is 36.4 Å². The van der Waals surface area contributed by atoms with E-state index in [2.05, 4.69) is 10.9 Å². The number of hydrazine groups is 1. The Morgan fingerprint density at radius 3 is 2.28 bits per heavy atom. The Morgan fingerprint density at radius 1 is 0.931 bits per heavy atom. The van der Waals surface area contributed by atoms with Gasteiger partial charge in [0.1, 0.15) is 5.75 Å². The van der Waals surface area contributed by atoms with Gasteiger partial charge in [0.25, 0.3) is 5.91 Å². The second-order valence-electron chi connectivity index (χ2n) is 5.79. The van der Waals surface area contributed by atoms with Gasteiger partial charge in [0.15, 0.2) is 12.4 Å². The van der Waals surface area contributed by atoms with Crippen LogP contribution in [0, 0.1) is 0 Å². The van der Waals surface area contributed by atoms with Crippen LogP contribution in [0.25, 0.3) is 0 Å². The van der Waals surface area contributed by atoms with Gasteiger partial charge in [0, 0.05) is 12.0 Å². The van der Waals surface area contributed by atoms with E-state index in [0.29, 0.717) is 11.3 Å². The molecule has 2 amide bonds. The maximum Gasteiger partial charge on any atom is 0.306 e. The molecule has 0 fully saturated rings. The summed E-state index contributed by atoms with van der Waals surface area (Å²) in [6.45, 7) is -0.435. The summed E-state index contributed by atoms with van der Waals surface area (Å²) < 4.78 is 9.87. The summed E-state index contributed by atoms with van der Waals surface area (Å²) in [6, 6.07) is 12.7. The molecule has 0 radical (unpaired) electrons. The molecule has 0 atom stereocenters. The second-order valence-corrected chi connectivity index (χ2v) is 6.20. The molecule has 2 rings (SSSR count). The fourth-order valence-electron chi connectivity index (χ4n) is 2.20. The number of benzene rings is 2. The smallest absolute Gasteiger partial charge is 0.306 e. The quantitative estimate of drug-likeness (QED) is 0.386. The summed E-state index contributed by atoms with van der Waals surface area (Å²) in [7, 11) is 1.51. The van der Waals surface area contributed by atoms with Crippen molar-refractivity contribution in [2.24, 2.45) is 0 Å². The highest BCUT2D eigenvalue weighted by Gasteiger charge is 2.14. The number of ketones is 1. The van der Waals surface area contributed by atoms with Gasteiger partial charge in [0.2, 0.25) is 5.91 Å². The van der Waals surface area contributed by atoms with Crippen molar-refractivity contribution in [3.63, 3.8) is 0 Å². The molecule has 152 valence electrons. The van der Waals surface area contributed by atoms with Crippen molar-refractivity contribution in [1.29, 1.82) is 0 Å². The second kappa shape index (κ2) is 10.8. The summed E-state index contributed by atoms with van der Waals surface area (Å²) in [5.74, 6) is -1.66. The molecule has 0 saturated carbocycles. The van der Waals surface area contributed by atoms with E-state index in [9.17, 15) is 19.2 Å². The number of halogens is 1. The normalized spacial score (nSPS) is 10.0. The van der Waals surface area contributed by atoms with Crippen molar-refractivity contribution >= 4 is 35.2 Å². The van der Waals surface area contributed by atoms with Gasteiger partial charge in [-0.1, -0.05) is 23.7 Å². The number of nitrogens with one attached hydrogen (secondary N) is 2. The number of hydrogen-bond acceptors (Lipinski definition) is 6. The minimum atomic E-state index is -0.709. The molecular weight excluding hydrogens is 400 g/mol. The maximum absolute atomic E-state index is 12.0. The molecule has 0 aliphatic carbocycles. The van der Waals surface area contributed by atoms with Gasteiger partial charge >= 0.3 is 5.97 Å².